The molecule has 4 heteroatoms. The minimum atomic E-state index is 0.208. The Morgan fingerprint density at radius 2 is 2.00 bits per heavy atom. The third-order valence-corrected chi connectivity index (χ3v) is 4.87. The molecule has 0 radical (unpaired) electrons. The number of hydrogen-bond acceptors (Lipinski definition) is 3. The minimum Gasteiger partial charge on any atom is -0.489 e. The fourth-order valence-corrected chi connectivity index (χ4v) is 3.51. The van der Waals surface area contributed by atoms with Crippen molar-refractivity contribution in [2.24, 2.45) is 5.92 Å². The largest absolute Gasteiger partial charge is 0.489 e. The lowest BCUT2D eigenvalue weighted by atomic mass is 10.1. The molecule has 0 saturated carbocycles. The van der Waals surface area contributed by atoms with Gasteiger partial charge in [0.25, 0.3) is 0 Å². The molecule has 1 heterocycles. The topological polar surface area (TPSA) is 41.6 Å². The number of carbonyl (C=O) groups is 1. The highest BCUT2D eigenvalue weighted by Crippen LogP contribution is 2.19. The van der Waals surface area contributed by atoms with Gasteiger partial charge in [-0.15, -0.1) is 0 Å². The summed E-state index contributed by atoms with van der Waals surface area (Å²) in [4.78, 5) is 14.5. The Morgan fingerprint density at radius 1 is 1.19 bits per heavy atom. The van der Waals surface area contributed by atoms with Gasteiger partial charge in [0.1, 0.15) is 12.4 Å². The predicted octanol–water partition coefficient (Wildman–Crippen LogP) is 3.18. The minimum absolute atomic E-state index is 0.208. The van der Waals surface area contributed by atoms with E-state index in [1.54, 1.807) is 0 Å². The Labute approximate surface area is 156 Å². The molecule has 0 bridgehead atoms. The van der Waals surface area contributed by atoms with Gasteiger partial charge in [0.2, 0.25) is 5.91 Å². The van der Waals surface area contributed by atoms with Gasteiger partial charge in [-0.3, -0.25) is 4.79 Å². The number of rotatable bonds is 7. The highest BCUT2D eigenvalue weighted by atomic mass is 16.5. The van der Waals surface area contributed by atoms with Gasteiger partial charge >= 0.3 is 0 Å². The summed E-state index contributed by atoms with van der Waals surface area (Å²) >= 11 is 0. The molecule has 2 aromatic carbocycles. The first-order valence-corrected chi connectivity index (χ1v) is 9.33. The van der Waals surface area contributed by atoms with Crippen molar-refractivity contribution < 1.29 is 9.53 Å². The fraction of sp³-hybridized carbons (Fsp3) is 0.409. The van der Waals surface area contributed by atoms with Crippen LogP contribution < -0.4 is 10.1 Å². The first-order valence-electron chi connectivity index (χ1n) is 9.33. The highest BCUT2D eigenvalue weighted by molar-refractivity contribution is 5.79. The van der Waals surface area contributed by atoms with E-state index in [9.17, 15) is 4.79 Å². The Hall–Kier alpha value is -2.33. The Balaban J connectivity index is 1.54. The molecule has 1 aliphatic rings. The zero-order valence-corrected chi connectivity index (χ0v) is 15.7. The molecule has 1 aliphatic heterocycles. The van der Waals surface area contributed by atoms with Crippen LogP contribution in [0.15, 0.2) is 48.5 Å². The van der Waals surface area contributed by atoms with Gasteiger partial charge in [-0.05, 0) is 56.1 Å². The van der Waals surface area contributed by atoms with E-state index < -0.39 is 0 Å². The number of likely N-dealkylation sites (tertiary alicyclic amines) is 1. The summed E-state index contributed by atoms with van der Waals surface area (Å²) in [5, 5.41) is 3.20. The van der Waals surface area contributed by atoms with E-state index in [0.29, 0.717) is 18.9 Å². The molecule has 1 fully saturated rings. The number of hydrogen-bond donors (Lipinski definition) is 1. The Kier molecular flexibility index (Phi) is 6.29. The van der Waals surface area contributed by atoms with Crippen LogP contribution in [-0.2, 0) is 17.8 Å². The first-order chi connectivity index (χ1) is 12.6. The normalized spacial score (nSPS) is 16.7. The van der Waals surface area contributed by atoms with Crippen LogP contribution in [-0.4, -0.2) is 37.5 Å². The summed E-state index contributed by atoms with van der Waals surface area (Å²) in [6.45, 7) is 5.33. The van der Waals surface area contributed by atoms with Crippen LogP contribution in [0.2, 0.25) is 0 Å². The number of benzene rings is 2. The molecule has 26 heavy (non-hydrogen) atoms. The molecule has 2 aromatic rings. The van der Waals surface area contributed by atoms with Gasteiger partial charge in [0, 0.05) is 13.1 Å². The zero-order valence-electron chi connectivity index (χ0n) is 15.7. The smallest absolute Gasteiger partial charge is 0.227 e. The standard InChI is InChI=1S/C22H28N2O2/c1-17-5-3-7-19(11-17)16-26-21-8-4-6-18(12-21)13-22(25)24-10-9-20(15-24)14-23-2/h3-8,11-12,20,23H,9-10,13-16H2,1-2H3. The zero-order chi connectivity index (χ0) is 18.4. The number of ether oxygens (including phenoxy) is 1. The third kappa shape index (κ3) is 5.09. The summed E-state index contributed by atoms with van der Waals surface area (Å²) in [6, 6.07) is 16.2. The summed E-state index contributed by atoms with van der Waals surface area (Å²) < 4.78 is 5.91. The van der Waals surface area contributed by atoms with E-state index in [-0.39, 0.29) is 5.91 Å². The van der Waals surface area contributed by atoms with Crippen molar-refractivity contribution in [2.45, 2.75) is 26.4 Å². The average molecular weight is 352 g/mol. The summed E-state index contributed by atoms with van der Waals surface area (Å²) in [7, 11) is 1.97. The molecule has 3 rings (SSSR count). The van der Waals surface area contributed by atoms with E-state index in [4.69, 9.17) is 4.74 Å². The summed E-state index contributed by atoms with van der Waals surface area (Å²) in [5.74, 6) is 1.60. The Bertz CT molecular complexity index is 744. The number of aryl methyl sites for hydroxylation is 1. The van der Waals surface area contributed by atoms with Gasteiger partial charge in [-0.1, -0.05) is 42.0 Å². The van der Waals surface area contributed by atoms with Crippen LogP contribution in [0.4, 0.5) is 0 Å². The Morgan fingerprint density at radius 3 is 2.81 bits per heavy atom. The third-order valence-electron chi connectivity index (χ3n) is 4.87. The van der Waals surface area contributed by atoms with Crippen molar-refractivity contribution in [3.8, 4) is 5.75 Å². The average Bonchev–Trinajstić information content (AvgIpc) is 3.10. The van der Waals surface area contributed by atoms with E-state index in [2.05, 4.69) is 30.4 Å². The monoisotopic (exact) mass is 352 g/mol. The summed E-state index contributed by atoms with van der Waals surface area (Å²) in [6.07, 6.45) is 1.53. The van der Waals surface area contributed by atoms with Crippen LogP contribution in [0, 0.1) is 12.8 Å². The number of carbonyl (C=O) groups excluding carboxylic acids is 1. The highest BCUT2D eigenvalue weighted by Gasteiger charge is 2.25. The lowest BCUT2D eigenvalue weighted by Gasteiger charge is -2.17. The van der Waals surface area contributed by atoms with Crippen LogP contribution in [0.3, 0.4) is 0 Å². The second-order valence-corrected chi connectivity index (χ2v) is 7.15. The molecular formula is C22H28N2O2. The van der Waals surface area contributed by atoms with E-state index in [0.717, 1.165) is 42.9 Å². The molecule has 4 nitrogen and oxygen atoms in total. The number of nitrogens with one attached hydrogen (secondary N) is 1. The molecule has 1 saturated heterocycles. The maximum atomic E-state index is 12.6. The molecule has 0 aromatic heterocycles. The molecule has 0 aliphatic carbocycles. The first kappa shape index (κ1) is 18.5. The van der Waals surface area contributed by atoms with Crippen molar-refractivity contribution in [3.05, 3.63) is 65.2 Å². The predicted molar refractivity (Wildman–Crippen MR) is 104 cm³/mol. The summed E-state index contributed by atoms with van der Waals surface area (Å²) in [5.41, 5.74) is 3.39. The molecule has 1 amide bonds. The van der Waals surface area contributed by atoms with Crippen molar-refractivity contribution in [1.29, 1.82) is 0 Å². The van der Waals surface area contributed by atoms with Crippen molar-refractivity contribution in [3.63, 3.8) is 0 Å². The van der Waals surface area contributed by atoms with Crippen LogP contribution in [0.5, 0.6) is 5.75 Å². The maximum absolute atomic E-state index is 12.6. The van der Waals surface area contributed by atoms with Crippen LogP contribution in [0.1, 0.15) is 23.1 Å². The quantitative estimate of drug-likeness (QED) is 0.832. The van der Waals surface area contributed by atoms with Crippen molar-refractivity contribution in [1.82, 2.24) is 10.2 Å². The van der Waals surface area contributed by atoms with Crippen LogP contribution >= 0.6 is 0 Å². The van der Waals surface area contributed by atoms with E-state index in [1.165, 1.54) is 5.56 Å². The number of amides is 1. The van der Waals surface area contributed by atoms with Gasteiger partial charge in [0.15, 0.2) is 0 Å². The second kappa shape index (κ2) is 8.86. The lowest BCUT2D eigenvalue weighted by Crippen LogP contribution is -2.31. The maximum Gasteiger partial charge on any atom is 0.227 e. The second-order valence-electron chi connectivity index (χ2n) is 7.15. The molecule has 1 unspecified atom stereocenters. The van der Waals surface area contributed by atoms with Gasteiger partial charge in [-0.2, -0.15) is 0 Å². The van der Waals surface area contributed by atoms with Gasteiger partial charge < -0.3 is 15.0 Å². The van der Waals surface area contributed by atoms with Gasteiger partial charge in [-0.25, -0.2) is 0 Å². The molecule has 138 valence electrons. The molecular weight excluding hydrogens is 324 g/mol. The molecule has 1 atom stereocenters. The van der Waals surface area contributed by atoms with E-state index >= 15 is 0 Å². The van der Waals surface area contributed by atoms with Gasteiger partial charge in [0.05, 0.1) is 6.42 Å². The molecule has 0 spiro atoms. The van der Waals surface area contributed by atoms with Crippen LogP contribution in [0.25, 0.3) is 0 Å². The number of nitrogens with zero attached hydrogens (tertiary/aromatic N) is 1. The SMILES string of the molecule is CNCC1CCN(C(=O)Cc2cccc(OCc3cccc(C)c3)c2)C1. The fourth-order valence-electron chi connectivity index (χ4n) is 3.51. The van der Waals surface area contributed by atoms with Crippen molar-refractivity contribution >= 4 is 5.91 Å². The molecule has 1 N–H and O–H groups in total. The van der Waals surface area contributed by atoms with Crippen molar-refractivity contribution in [2.75, 3.05) is 26.7 Å². The van der Waals surface area contributed by atoms with E-state index in [1.807, 2.05) is 42.3 Å². The lowest BCUT2D eigenvalue weighted by molar-refractivity contribution is -0.129.